The number of para-hydroxylation sites is 1. The van der Waals surface area contributed by atoms with Crippen LogP contribution in [-0.2, 0) is 20.9 Å². The Labute approximate surface area is 167 Å². The minimum Gasteiger partial charge on any atom is -0.376 e. The van der Waals surface area contributed by atoms with Crippen LogP contribution in [0.3, 0.4) is 0 Å². The number of hydrogen-bond donors (Lipinski definition) is 1. The molecule has 4 rings (SSSR count). The van der Waals surface area contributed by atoms with E-state index in [4.69, 9.17) is 4.74 Å². The number of carbonyl (C=O) groups is 2. The van der Waals surface area contributed by atoms with Gasteiger partial charge in [0.2, 0.25) is 5.91 Å². The number of ether oxygens (including phenoxy) is 1. The SMILES string of the molecule is CN1N=C(C(=O)N(Cc2nc3ccccc3c(=O)[nH]2)CC2CCCO2)CCC1=O. The lowest BCUT2D eigenvalue weighted by atomic mass is 10.1. The maximum absolute atomic E-state index is 13.2. The van der Waals surface area contributed by atoms with Gasteiger partial charge in [-0.2, -0.15) is 5.10 Å². The van der Waals surface area contributed by atoms with Gasteiger partial charge in [0.15, 0.2) is 0 Å². The number of hydrazone groups is 1. The highest BCUT2D eigenvalue weighted by Gasteiger charge is 2.29. The van der Waals surface area contributed by atoms with Crippen LogP contribution in [-0.4, -0.2) is 63.7 Å². The number of aromatic amines is 1. The molecule has 9 nitrogen and oxygen atoms in total. The fourth-order valence-electron chi connectivity index (χ4n) is 3.65. The van der Waals surface area contributed by atoms with Crippen LogP contribution in [0, 0.1) is 0 Å². The van der Waals surface area contributed by atoms with Crippen LogP contribution >= 0.6 is 0 Å². The van der Waals surface area contributed by atoms with Crippen molar-refractivity contribution in [3.05, 3.63) is 40.4 Å². The lowest BCUT2D eigenvalue weighted by Gasteiger charge is -2.27. The van der Waals surface area contributed by atoms with E-state index >= 15 is 0 Å². The van der Waals surface area contributed by atoms with Crippen molar-refractivity contribution in [3.63, 3.8) is 0 Å². The summed E-state index contributed by atoms with van der Waals surface area (Å²) in [6, 6.07) is 7.08. The number of aromatic nitrogens is 2. The monoisotopic (exact) mass is 397 g/mol. The molecule has 29 heavy (non-hydrogen) atoms. The highest BCUT2D eigenvalue weighted by atomic mass is 16.5. The standard InChI is InChI=1S/C20H23N5O4/c1-24-18(26)9-8-16(23-24)20(28)25(11-13-5-4-10-29-13)12-17-21-15-7-3-2-6-14(15)19(27)22-17/h2-3,6-7,13H,4-5,8-12H2,1H3,(H,21,22,27). The van der Waals surface area contributed by atoms with Crippen LogP contribution in [0.4, 0.5) is 0 Å². The molecule has 1 aromatic carbocycles. The second-order valence-electron chi connectivity index (χ2n) is 7.31. The third-order valence-electron chi connectivity index (χ3n) is 5.19. The number of rotatable bonds is 5. The van der Waals surface area contributed by atoms with Gasteiger partial charge in [-0.05, 0) is 25.0 Å². The Kier molecular flexibility index (Phi) is 5.39. The van der Waals surface area contributed by atoms with Gasteiger partial charge >= 0.3 is 0 Å². The normalized spacial score (nSPS) is 19.5. The minimum absolute atomic E-state index is 0.0605. The molecule has 0 aliphatic carbocycles. The number of nitrogens with one attached hydrogen (secondary N) is 1. The summed E-state index contributed by atoms with van der Waals surface area (Å²) in [6.45, 7) is 1.19. The van der Waals surface area contributed by atoms with Gasteiger partial charge in [-0.25, -0.2) is 9.99 Å². The van der Waals surface area contributed by atoms with E-state index in [1.165, 1.54) is 5.01 Å². The number of H-pyrrole nitrogens is 1. The van der Waals surface area contributed by atoms with Gasteiger partial charge in [0.25, 0.3) is 11.5 Å². The molecule has 1 aromatic heterocycles. The van der Waals surface area contributed by atoms with Crippen LogP contribution in [0.2, 0.25) is 0 Å². The molecule has 1 atom stereocenters. The van der Waals surface area contributed by atoms with Crippen molar-refractivity contribution in [2.24, 2.45) is 5.10 Å². The van der Waals surface area contributed by atoms with E-state index in [9.17, 15) is 14.4 Å². The first-order valence-electron chi connectivity index (χ1n) is 9.74. The zero-order valence-electron chi connectivity index (χ0n) is 16.3. The first-order chi connectivity index (χ1) is 14.0. The van der Waals surface area contributed by atoms with Crippen LogP contribution in [0.25, 0.3) is 10.9 Å². The predicted octanol–water partition coefficient (Wildman–Crippen LogP) is 1.04. The molecule has 2 aliphatic rings. The number of nitrogens with zero attached hydrogens (tertiary/aromatic N) is 4. The summed E-state index contributed by atoms with van der Waals surface area (Å²) in [4.78, 5) is 46.1. The van der Waals surface area contributed by atoms with E-state index in [0.717, 1.165) is 12.8 Å². The van der Waals surface area contributed by atoms with Gasteiger partial charge < -0.3 is 14.6 Å². The second-order valence-corrected chi connectivity index (χ2v) is 7.31. The topological polar surface area (TPSA) is 108 Å². The van der Waals surface area contributed by atoms with Crippen molar-refractivity contribution < 1.29 is 14.3 Å². The average molecular weight is 397 g/mol. The Morgan fingerprint density at radius 1 is 1.31 bits per heavy atom. The smallest absolute Gasteiger partial charge is 0.270 e. The summed E-state index contributed by atoms with van der Waals surface area (Å²) < 4.78 is 5.70. The lowest BCUT2D eigenvalue weighted by molar-refractivity contribution is -0.131. The highest BCUT2D eigenvalue weighted by Crippen LogP contribution is 2.17. The van der Waals surface area contributed by atoms with Gasteiger partial charge in [-0.3, -0.25) is 14.4 Å². The summed E-state index contributed by atoms with van der Waals surface area (Å²) in [5.41, 5.74) is 0.666. The van der Waals surface area contributed by atoms with E-state index in [0.29, 0.717) is 42.0 Å². The van der Waals surface area contributed by atoms with Crippen molar-refractivity contribution in [3.8, 4) is 0 Å². The molecule has 1 unspecified atom stereocenters. The molecule has 0 bridgehead atoms. The number of carbonyl (C=O) groups excluding carboxylic acids is 2. The molecule has 2 amide bonds. The quantitative estimate of drug-likeness (QED) is 0.811. The second kappa shape index (κ2) is 8.12. The fourth-order valence-corrected chi connectivity index (χ4v) is 3.65. The molecule has 3 heterocycles. The summed E-state index contributed by atoms with van der Waals surface area (Å²) >= 11 is 0. The minimum atomic E-state index is -0.268. The molecule has 9 heteroatoms. The largest absolute Gasteiger partial charge is 0.376 e. The zero-order valence-corrected chi connectivity index (χ0v) is 16.3. The lowest BCUT2D eigenvalue weighted by Crippen LogP contribution is -2.43. The number of amides is 2. The van der Waals surface area contributed by atoms with Crippen LogP contribution in [0.15, 0.2) is 34.2 Å². The molecule has 1 N–H and O–H groups in total. The average Bonchev–Trinajstić information content (AvgIpc) is 3.22. The molecular formula is C20H23N5O4. The van der Waals surface area contributed by atoms with Crippen LogP contribution in [0.5, 0.6) is 0 Å². The van der Waals surface area contributed by atoms with Crippen LogP contribution < -0.4 is 5.56 Å². The van der Waals surface area contributed by atoms with Crippen molar-refractivity contribution in [2.75, 3.05) is 20.2 Å². The van der Waals surface area contributed by atoms with Gasteiger partial charge in [0.05, 0.1) is 23.6 Å². The molecule has 0 spiro atoms. The Balaban J connectivity index is 1.62. The predicted molar refractivity (Wildman–Crippen MR) is 106 cm³/mol. The van der Waals surface area contributed by atoms with E-state index in [2.05, 4.69) is 15.1 Å². The molecule has 2 aromatic rings. The molecule has 1 saturated heterocycles. The fraction of sp³-hybridized carbons (Fsp3) is 0.450. The third-order valence-corrected chi connectivity index (χ3v) is 5.19. The van der Waals surface area contributed by atoms with Crippen molar-refractivity contribution >= 4 is 28.4 Å². The zero-order chi connectivity index (χ0) is 20.4. The number of benzene rings is 1. The Hall–Kier alpha value is -3.07. The number of fused-ring (bicyclic) bond motifs is 1. The first-order valence-corrected chi connectivity index (χ1v) is 9.74. The molecule has 152 valence electrons. The third kappa shape index (κ3) is 4.19. The summed E-state index contributed by atoms with van der Waals surface area (Å²) in [5.74, 6) is 0.0179. The van der Waals surface area contributed by atoms with E-state index < -0.39 is 0 Å². The molecular weight excluding hydrogens is 374 g/mol. The Bertz CT molecular complexity index is 1020. The molecule has 0 saturated carbocycles. The van der Waals surface area contributed by atoms with E-state index in [1.54, 1.807) is 30.1 Å². The maximum atomic E-state index is 13.2. The van der Waals surface area contributed by atoms with Crippen molar-refractivity contribution in [1.29, 1.82) is 0 Å². The van der Waals surface area contributed by atoms with Crippen molar-refractivity contribution in [1.82, 2.24) is 19.9 Å². The Morgan fingerprint density at radius 3 is 2.90 bits per heavy atom. The molecule has 2 aliphatic heterocycles. The number of hydrogen-bond acceptors (Lipinski definition) is 6. The van der Waals surface area contributed by atoms with E-state index in [-0.39, 0.29) is 36.4 Å². The van der Waals surface area contributed by atoms with Crippen molar-refractivity contribution in [2.45, 2.75) is 38.3 Å². The Morgan fingerprint density at radius 2 is 2.14 bits per heavy atom. The summed E-state index contributed by atoms with van der Waals surface area (Å²) in [7, 11) is 1.54. The summed E-state index contributed by atoms with van der Waals surface area (Å²) in [5, 5.41) is 5.85. The summed E-state index contributed by atoms with van der Waals surface area (Å²) in [6.07, 6.45) is 2.31. The first kappa shape index (κ1) is 19.3. The van der Waals surface area contributed by atoms with E-state index in [1.807, 2.05) is 6.07 Å². The molecule has 1 fully saturated rings. The molecule has 0 radical (unpaired) electrons. The maximum Gasteiger partial charge on any atom is 0.270 e. The van der Waals surface area contributed by atoms with Gasteiger partial charge in [0, 0.05) is 33.0 Å². The van der Waals surface area contributed by atoms with Gasteiger partial charge in [0.1, 0.15) is 11.5 Å². The van der Waals surface area contributed by atoms with Gasteiger partial charge in [-0.1, -0.05) is 12.1 Å². The van der Waals surface area contributed by atoms with Crippen LogP contribution in [0.1, 0.15) is 31.5 Å². The van der Waals surface area contributed by atoms with Gasteiger partial charge in [-0.15, -0.1) is 0 Å². The highest BCUT2D eigenvalue weighted by molar-refractivity contribution is 6.39.